The van der Waals surface area contributed by atoms with E-state index in [9.17, 15) is 26.7 Å². The molecule has 9 heteroatoms. The molecule has 1 aliphatic rings. The lowest BCUT2D eigenvalue weighted by Crippen LogP contribution is -2.19. The highest BCUT2D eigenvalue weighted by Crippen LogP contribution is 2.38. The van der Waals surface area contributed by atoms with Crippen LogP contribution in [-0.4, -0.2) is 13.5 Å². The molecule has 0 aliphatic carbocycles. The molecule has 1 aromatic rings. The van der Waals surface area contributed by atoms with Crippen LogP contribution in [0.5, 0.6) is 0 Å². The first kappa shape index (κ1) is 13.2. The van der Waals surface area contributed by atoms with Gasteiger partial charge in [-0.1, -0.05) is 0 Å². The summed E-state index contributed by atoms with van der Waals surface area (Å²) in [4.78, 5) is -1.42. The highest BCUT2D eigenvalue weighted by Gasteiger charge is 2.36. The summed E-state index contributed by atoms with van der Waals surface area (Å²) in [6.07, 6.45) is -4.64. The van der Waals surface area contributed by atoms with Gasteiger partial charge in [-0.3, -0.25) is 0 Å². The number of allylic oxidation sites excluding steroid dienone is 1. The van der Waals surface area contributed by atoms with Crippen LogP contribution >= 0.6 is 0 Å². The Kier molecular flexibility index (Phi) is 2.71. The number of nitrogens with one attached hydrogen (secondary N) is 1. The van der Waals surface area contributed by atoms with Gasteiger partial charge in [0, 0.05) is 0 Å². The van der Waals surface area contributed by atoms with Gasteiger partial charge in [0.15, 0.2) is 0 Å². The van der Waals surface area contributed by atoms with Crippen LogP contribution in [0, 0.1) is 11.3 Å². The van der Waals surface area contributed by atoms with E-state index in [1.165, 1.54) is 6.07 Å². The smallest absolute Gasteiger partial charge is 0.416 e. The van der Waals surface area contributed by atoms with Crippen molar-refractivity contribution in [3.05, 3.63) is 34.6 Å². The van der Waals surface area contributed by atoms with Crippen LogP contribution in [0.1, 0.15) is 5.56 Å². The number of hydrogen-bond acceptors (Lipinski definition) is 5. The van der Waals surface area contributed by atoms with E-state index in [2.05, 4.69) is 5.32 Å². The number of aliphatic hydroxyl groups excluding tert-OH is 1. The van der Waals surface area contributed by atoms with Crippen molar-refractivity contribution in [2.45, 2.75) is 11.1 Å². The number of halogens is 3. The molecule has 19 heavy (non-hydrogen) atoms. The van der Waals surface area contributed by atoms with E-state index in [-0.39, 0.29) is 0 Å². The van der Waals surface area contributed by atoms with Gasteiger partial charge in [-0.15, -0.1) is 0 Å². The molecular weight excluding hydrogens is 285 g/mol. The number of hydrogen-bond donors (Lipinski definition) is 2. The third-order valence-corrected chi connectivity index (χ3v) is 4.19. The fourth-order valence-electron chi connectivity index (χ4n) is 1.57. The standard InChI is InChI=1S/C10H5F3N2O3S/c11-10(12,13)5-1-2-7-6(3-5)15-9(16)8(4-14)19(7,17)18/h1-3,15-16H. The zero-order valence-electron chi connectivity index (χ0n) is 8.99. The van der Waals surface area contributed by atoms with E-state index < -0.39 is 42.9 Å². The van der Waals surface area contributed by atoms with Crippen LogP contribution < -0.4 is 5.32 Å². The van der Waals surface area contributed by atoms with Gasteiger partial charge in [0.2, 0.25) is 20.6 Å². The molecule has 0 aromatic heterocycles. The van der Waals surface area contributed by atoms with E-state index >= 15 is 0 Å². The third kappa shape index (κ3) is 2.00. The average molecular weight is 290 g/mol. The van der Waals surface area contributed by atoms with E-state index in [1.807, 2.05) is 0 Å². The van der Waals surface area contributed by atoms with E-state index in [0.29, 0.717) is 12.1 Å². The number of benzene rings is 1. The zero-order chi connectivity index (χ0) is 14.4. The first-order chi connectivity index (χ1) is 8.67. The van der Waals surface area contributed by atoms with Crippen LogP contribution in [0.2, 0.25) is 0 Å². The molecule has 0 saturated heterocycles. The first-order valence-corrected chi connectivity index (χ1v) is 6.23. The molecule has 1 aromatic carbocycles. The summed E-state index contributed by atoms with van der Waals surface area (Å²) >= 11 is 0. The summed E-state index contributed by atoms with van der Waals surface area (Å²) in [5.74, 6) is -0.991. The van der Waals surface area contributed by atoms with Gasteiger partial charge in [-0.2, -0.15) is 18.4 Å². The number of anilines is 1. The summed E-state index contributed by atoms with van der Waals surface area (Å²) in [6, 6.07) is 3.17. The monoisotopic (exact) mass is 290 g/mol. The maximum Gasteiger partial charge on any atom is 0.416 e. The number of rotatable bonds is 0. The topological polar surface area (TPSA) is 90.2 Å². The summed E-state index contributed by atoms with van der Waals surface area (Å²) in [5.41, 5.74) is -1.49. The van der Waals surface area contributed by atoms with Gasteiger partial charge >= 0.3 is 6.18 Å². The van der Waals surface area contributed by atoms with Gasteiger partial charge in [-0.25, -0.2) is 8.42 Å². The van der Waals surface area contributed by atoms with Crippen molar-refractivity contribution in [3.63, 3.8) is 0 Å². The summed E-state index contributed by atoms with van der Waals surface area (Å²) in [7, 11) is -4.31. The van der Waals surface area contributed by atoms with Crippen LogP contribution in [0.15, 0.2) is 33.9 Å². The number of fused-ring (bicyclic) bond motifs is 1. The molecule has 0 bridgehead atoms. The Balaban J connectivity index is 2.69. The van der Waals surface area contributed by atoms with Crippen molar-refractivity contribution in [2.75, 3.05) is 5.32 Å². The van der Waals surface area contributed by atoms with Gasteiger partial charge < -0.3 is 10.4 Å². The van der Waals surface area contributed by atoms with Crippen molar-refractivity contribution < 1.29 is 26.7 Å². The summed E-state index contributed by atoms with van der Waals surface area (Å²) in [5, 5.41) is 20.0. The first-order valence-electron chi connectivity index (χ1n) is 4.74. The average Bonchev–Trinajstić information content (AvgIpc) is 2.26. The highest BCUT2D eigenvalue weighted by molar-refractivity contribution is 7.95. The fraction of sp³-hybridized carbons (Fsp3) is 0.100. The molecule has 2 rings (SSSR count). The Morgan fingerprint density at radius 2 is 1.95 bits per heavy atom. The molecular formula is C10H5F3N2O3S. The second kappa shape index (κ2) is 3.89. The second-order valence-electron chi connectivity index (χ2n) is 3.63. The molecule has 2 N–H and O–H groups in total. The van der Waals surface area contributed by atoms with Crippen LogP contribution in [-0.2, 0) is 16.0 Å². The lowest BCUT2D eigenvalue weighted by molar-refractivity contribution is -0.137. The predicted octanol–water partition coefficient (Wildman–Crippen LogP) is 2.16. The molecule has 0 radical (unpaired) electrons. The van der Waals surface area contributed by atoms with Crippen molar-refractivity contribution in [1.82, 2.24) is 0 Å². The predicted molar refractivity (Wildman–Crippen MR) is 57.5 cm³/mol. The maximum absolute atomic E-state index is 12.5. The minimum atomic E-state index is -4.64. The van der Waals surface area contributed by atoms with Gasteiger partial charge in [-0.05, 0) is 18.2 Å². The third-order valence-electron chi connectivity index (χ3n) is 2.43. The van der Waals surface area contributed by atoms with Crippen molar-refractivity contribution >= 4 is 15.5 Å². The lowest BCUT2D eigenvalue weighted by atomic mass is 10.2. The summed E-state index contributed by atoms with van der Waals surface area (Å²) in [6.45, 7) is 0. The van der Waals surface area contributed by atoms with Crippen molar-refractivity contribution in [2.24, 2.45) is 0 Å². The van der Waals surface area contributed by atoms with Gasteiger partial charge in [0.25, 0.3) is 0 Å². The normalized spacial score (nSPS) is 17.4. The summed E-state index contributed by atoms with van der Waals surface area (Å²) < 4.78 is 61.1. The SMILES string of the molecule is N#CC1=C(O)Nc2cc(C(F)(F)F)ccc2S1(=O)=O. The van der Waals surface area contributed by atoms with Crippen molar-refractivity contribution in [1.29, 1.82) is 5.26 Å². The van der Waals surface area contributed by atoms with E-state index in [4.69, 9.17) is 5.26 Å². The Morgan fingerprint density at radius 3 is 2.47 bits per heavy atom. The van der Waals surface area contributed by atoms with E-state index in [1.54, 1.807) is 0 Å². The van der Waals surface area contributed by atoms with E-state index in [0.717, 1.165) is 6.07 Å². The Hall–Kier alpha value is -2.21. The van der Waals surface area contributed by atoms with Crippen LogP contribution in [0.3, 0.4) is 0 Å². The van der Waals surface area contributed by atoms with Gasteiger partial charge in [0.05, 0.1) is 16.1 Å². The number of alkyl halides is 3. The molecule has 0 unspecified atom stereocenters. The van der Waals surface area contributed by atoms with Crippen molar-refractivity contribution in [3.8, 4) is 6.07 Å². The van der Waals surface area contributed by atoms with Crippen LogP contribution in [0.25, 0.3) is 0 Å². The minimum absolute atomic E-state index is 0.425. The second-order valence-corrected chi connectivity index (χ2v) is 5.48. The van der Waals surface area contributed by atoms with Gasteiger partial charge in [0.1, 0.15) is 6.07 Å². The fourth-order valence-corrected chi connectivity index (χ4v) is 2.87. The number of nitrogens with zero attached hydrogens (tertiary/aromatic N) is 1. The maximum atomic E-state index is 12.5. The largest absolute Gasteiger partial charge is 0.493 e. The Bertz CT molecular complexity index is 729. The molecule has 0 fully saturated rings. The number of nitriles is 1. The molecule has 100 valence electrons. The molecule has 0 saturated carbocycles. The Morgan fingerprint density at radius 1 is 1.32 bits per heavy atom. The molecule has 0 amide bonds. The number of aliphatic hydroxyl groups is 1. The van der Waals surface area contributed by atoms with Crippen LogP contribution in [0.4, 0.5) is 18.9 Å². The lowest BCUT2D eigenvalue weighted by Gasteiger charge is -2.19. The molecule has 1 aliphatic heterocycles. The molecule has 5 nitrogen and oxygen atoms in total. The zero-order valence-corrected chi connectivity index (χ0v) is 9.80. The minimum Gasteiger partial charge on any atom is -0.493 e. The molecule has 0 atom stereocenters. The highest BCUT2D eigenvalue weighted by atomic mass is 32.2. The molecule has 1 heterocycles. The number of sulfone groups is 1. The Labute approximate surface area is 105 Å². The molecule has 0 spiro atoms. The quantitative estimate of drug-likeness (QED) is 0.764.